The molecule has 0 N–H and O–H groups in total. The lowest BCUT2D eigenvalue weighted by molar-refractivity contribution is 0.609. The van der Waals surface area contributed by atoms with Crippen molar-refractivity contribution in [3.63, 3.8) is 0 Å². The van der Waals surface area contributed by atoms with Gasteiger partial charge in [0, 0.05) is 10.7 Å². The number of benzene rings is 1. The van der Waals surface area contributed by atoms with Crippen LogP contribution in [-0.2, 0) is 9.05 Å². The Bertz CT molecular complexity index is 340. The van der Waals surface area contributed by atoms with E-state index in [1.165, 1.54) is 12.1 Å². The van der Waals surface area contributed by atoms with Crippen molar-refractivity contribution >= 4 is 19.7 Å². The summed E-state index contributed by atoms with van der Waals surface area (Å²) in [5.74, 6) is 0. The fourth-order valence-corrected chi connectivity index (χ4v) is 1.47. The van der Waals surface area contributed by atoms with Gasteiger partial charge in [-0.25, -0.2) is 8.42 Å². The summed E-state index contributed by atoms with van der Waals surface area (Å²) in [4.78, 5) is 0.143. The highest BCUT2D eigenvalue weighted by atomic mass is 35.7. The molecule has 68 valence electrons. The maximum atomic E-state index is 10.7. The molecule has 0 saturated heterocycles. The first-order chi connectivity index (χ1) is 5.00. The second-order valence-corrected chi connectivity index (χ2v) is 4.82. The molecule has 1 aromatic carbocycles. The van der Waals surface area contributed by atoms with Crippen LogP contribution in [0.15, 0.2) is 29.2 Å². The molecule has 4 heteroatoms. The van der Waals surface area contributed by atoms with Crippen LogP contribution >= 0.6 is 10.7 Å². The van der Waals surface area contributed by atoms with Gasteiger partial charge in [-0.15, -0.1) is 0 Å². The number of hydrogen-bond acceptors (Lipinski definition) is 2. The van der Waals surface area contributed by atoms with Crippen LogP contribution in [0.25, 0.3) is 0 Å². The van der Waals surface area contributed by atoms with Crippen molar-refractivity contribution in [2.75, 3.05) is 0 Å². The van der Waals surface area contributed by atoms with Crippen molar-refractivity contribution in [1.29, 1.82) is 0 Å². The van der Waals surface area contributed by atoms with E-state index < -0.39 is 9.05 Å². The van der Waals surface area contributed by atoms with Crippen LogP contribution in [0, 0.1) is 6.92 Å². The van der Waals surface area contributed by atoms with Gasteiger partial charge in [0.25, 0.3) is 9.05 Å². The molecule has 0 atom stereocenters. The Kier molecular flexibility index (Phi) is 3.74. The van der Waals surface area contributed by atoms with Gasteiger partial charge in [-0.3, -0.25) is 0 Å². The van der Waals surface area contributed by atoms with E-state index in [-0.39, 0.29) is 12.3 Å². The average Bonchev–Trinajstić information content (AvgIpc) is 1.86. The first kappa shape index (κ1) is 11.5. The predicted octanol–water partition coefficient (Wildman–Crippen LogP) is 2.56. The van der Waals surface area contributed by atoms with Crippen LogP contribution < -0.4 is 0 Å². The van der Waals surface area contributed by atoms with Crippen LogP contribution in [0.3, 0.4) is 0 Å². The Morgan fingerprint density at radius 1 is 1.17 bits per heavy atom. The molecule has 0 radical (unpaired) electrons. The molecule has 0 heterocycles. The minimum atomic E-state index is -3.55. The molecule has 0 amide bonds. The van der Waals surface area contributed by atoms with Gasteiger partial charge in [0.1, 0.15) is 0 Å². The minimum absolute atomic E-state index is 0. The van der Waals surface area contributed by atoms with E-state index in [2.05, 4.69) is 0 Å². The van der Waals surface area contributed by atoms with E-state index in [1.54, 1.807) is 12.1 Å². The Labute approximate surface area is 77.6 Å². The molecular formula is C8H11ClO2S. The lowest BCUT2D eigenvalue weighted by Gasteiger charge is -1.94. The Morgan fingerprint density at radius 2 is 1.58 bits per heavy atom. The van der Waals surface area contributed by atoms with Crippen molar-refractivity contribution in [3.8, 4) is 0 Å². The Balaban J connectivity index is 0.00000121. The highest BCUT2D eigenvalue weighted by Crippen LogP contribution is 2.14. The lowest BCUT2D eigenvalue weighted by Crippen LogP contribution is -1.89. The van der Waals surface area contributed by atoms with Crippen LogP contribution in [0.2, 0.25) is 0 Å². The monoisotopic (exact) mass is 206 g/mol. The van der Waals surface area contributed by atoms with Crippen molar-refractivity contribution < 1.29 is 8.42 Å². The van der Waals surface area contributed by atoms with E-state index >= 15 is 0 Å². The Hall–Kier alpha value is -0.540. The molecule has 0 aliphatic rings. The molecule has 12 heavy (non-hydrogen) atoms. The third-order valence-corrected chi connectivity index (χ3v) is 2.67. The Morgan fingerprint density at radius 3 is 1.92 bits per heavy atom. The summed E-state index contributed by atoms with van der Waals surface area (Å²) in [6.07, 6.45) is 0. The summed E-state index contributed by atoms with van der Waals surface area (Å²) in [6.45, 7) is 1.88. The van der Waals surface area contributed by atoms with Crippen molar-refractivity contribution in [2.45, 2.75) is 19.2 Å². The molecule has 1 aromatic rings. The van der Waals surface area contributed by atoms with E-state index in [0.717, 1.165) is 5.56 Å². The van der Waals surface area contributed by atoms with Gasteiger partial charge >= 0.3 is 0 Å². The maximum absolute atomic E-state index is 10.7. The topological polar surface area (TPSA) is 34.1 Å². The molecule has 0 fully saturated rings. The van der Waals surface area contributed by atoms with E-state index in [0.29, 0.717) is 0 Å². The minimum Gasteiger partial charge on any atom is -0.207 e. The third-order valence-electron chi connectivity index (χ3n) is 1.30. The predicted molar refractivity (Wildman–Crippen MR) is 50.9 cm³/mol. The summed E-state index contributed by atoms with van der Waals surface area (Å²) >= 11 is 0. The quantitative estimate of drug-likeness (QED) is 0.662. The summed E-state index contributed by atoms with van der Waals surface area (Å²) < 4.78 is 21.4. The highest BCUT2D eigenvalue weighted by Gasteiger charge is 2.07. The fourth-order valence-electron chi connectivity index (χ4n) is 0.701. The first-order valence-corrected chi connectivity index (χ1v) is 5.32. The second-order valence-electron chi connectivity index (χ2n) is 2.25. The van der Waals surface area contributed by atoms with E-state index in [4.69, 9.17) is 10.7 Å². The summed E-state index contributed by atoms with van der Waals surface area (Å²) in [5.41, 5.74) is 1.01. The average molecular weight is 207 g/mol. The van der Waals surface area contributed by atoms with Crippen molar-refractivity contribution in [3.05, 3.63) is 29.8 Å². The van der Waals surface area contributed by atoms with Gasteiger partial charge in [0.2, 0.25) is 0 Å². The zero-order valence-electron chi connectivity index (χ0n) is 5.91. The number of hydrogen-bond donors (Lipinski definition) is 0. The molecule has 0 aliphatic carbocycles. The molecule has 1 rings (SSSR count). The second kappa shape index (κ2) is 3.92. The van der Waals surface area contributed by atoms with Crippen LogP contribution in [0.5, 0.6) is 0 Å². The number of halogens is 1. The molecule has 0 spiro atoms. The number of rotatable bonds is 1. The molecular weight excluding hydrogens is 196 g/mol. The highest BCUT2D eigenvalue weighted by molar-refractivity contribution is 8.13. The van der Waals surface area contributed by atoms with Gasteiger partial charge in [-0.2, -0.15) is 0 Å². The van der Waals surface area contributed by atoms with E-state index in [9.17, 15) is 8.42 Å². The van der Waals surface area contributed by atoms with Crippen LogP contribution in [0.4, 0.5) is 0 Å². The summed E-state index contributed by atoms with van der Waals surface area (Å²) in [7, 11) is 1.54. The fraction of sp³-hybridized carbons (Fsp3) is 0.250. The molecule has 0 saturated carbocycles. The molecule has 0 unspecified atom stereocenters. The van der Waals surface area contributed by atoms with Crippen LogP contribution in [-0.4, -0.2) is 8.42 Å². The van der Waals surface area contributed by atoms with Crippen molar-refractivity contribution in [2.24, 2.45) is 0 Å². The maximum Gasteiger partial charge on any atom is 0.261 e. The van der Waals surface area contributed by atoms with Gasteiger partial charge < -0.3 is 0 Å². The summed E-state index contributed by atoms with van der Waals surface area (Å²) in [6, 6.07) is 6.37. The molecule has 0 aromatic heterocycles. The number of aryl methyl sites for hydroxylation is 1. The van der Waals surface area contributed by atoms with Crippen molar-refractivity contribution in [1.82, 2.24) is 0 Å². The molecule has 0 bridgehead atoms. The van der Waals surface area contributed by atoms with Gasteiger partial charge in [0.05, 0.1) is 4.90 Å². The van der Waals surface area contributed by atoms with E-state index in [1.807, 2.05) is 6.92 Å². The first-order valence-electron chi connectivity index (χ1n) is 3.01. The zero-order chi connectivity index (χ0) is 8.48. The van der Waals surface area contributed by atoms with Gasteiger partial charge in [0.15, 0.2) is 0 Å². The van der Waals surface area contributed by atoms with Gasteiger partial charge in [-0.05, 0) is 19.1 Å². The van der Waals surface area contributed by atoms with Crippen LogP contribution in [0.1, 0.15) is 13.0 Å². The lowest BCUT2D eigenvalue weighted by atomic mass is 10.2. The zero-order valence-corrected chi connectivity index (χ0v) is 7.48. The molecule has 2 nitrogen and oxygen atoms in total. The smallest absolute Gasteiger partial charge is 0.207 e. The standard InChI is InChI=1S/C7H7ClO2S.CH4/c1-6-2-4-7(5-3-6)11(8,9)10;/h2-5H,1H3;1H4. The largest absolute Gasteiger partial charge is 0.261 e. The summed E-state index contributed by atoms with van der Waals surface area (Å²) in [5, 5.41) is 0. The normalized spacial score (nSPS) is 10.5. The third kappa shape index (κ3) is 2.83. The van der Waals surface area contributed by atoms with Gasteiger partial charge in [-0.1, -0.05) is 25.1 Å². The SMILES string of the molecule is C.Cc1ccc(S(=O)(=O)Cl)cc1. The molecule has 0 aliphatic heterocycles.